The Kier molecular flexibility index (Phi) is 34.1. The van der Waals surface area contributed by atoms with Crippen molar-refractivity contribution in [1.29, 1.82) is 0 Å². The zero-order chi connectivity index (χ0) is 91.5. The van der Waals surface area contributed by atoms with Gasteiger partial charge >= 0.3 is 12.4 Å². The summed E-state index contributed by atoms with van der Waals surface area (Å²) in [7, 11) is 1.50. The molecule has 0 saturated carbocycles. The van der Waals surface area contributed by atoms with Crippen LogP contribution in [0.5, 0.6) is 0 Å². The van der Waals surface area contributed by atoms with E-state index in [1.165, 1.54) is 89.7 Å². The molecule has 8 aromatic heterocycles. The lowest BCUT2D eigenvalue weighted by Crippen LogP contribution is -2.41. The van der Waals surface area contributed by atoms with E-state index in [-0.39, 0.29) is 106 Å². The third kappa shape index (κ3) is 25.3. The smallest absolute Gasteiger partial charge is 0.355 e. The lowest BCUT2D eigenvalue weighted by molar-refractivity contribution is -0.142. The largest absolute Gasteiger partial charge is 0.435 e. The number of carbonyl (C=O) groups excluding carboxylic acids is 8. The Bertz CT molecular complexity index is 6160. The second-order valence-electron chi connectivity index (χ2n) is 26.2. The van der Waals surface area contributed by atoms with Gasteiger partial charge in [-0.3, -0.25) is 38.4 Å². The zero-order valence-electron chi connectivity index (χ0n) is 63.8. The predicted octanol–water partition coefficient (Wildman–Crippen LogP) is 21.9. The minimum absolute atomic E-state index is 0.00908. The molecule has 0 aliphatic carbocycles. The van der Waals surface area contributed by atoms with Crippen LogP contribution in [0.1, 0.15) is 136 Å². The number of benzene rings is 4. The molecule has 0 fully saturated rings. The van der Waals surface area contributed by atoms with Crippen molar-refractivity contribution < 1.29 is 64.7 Å². The van der Waals surface area contributed by atoms with Gasteiger partial charge in [0, 0.05) is 110 Å². The van der Waals surface area contributed by atoms with Crippen LogP contribution in [0.3, 0.4) is 0 Å². The van der Waals surface area contributed by atoms with Gasteiger partial charge in [-0.15, -0.1) is 0 Å². The molecule has 0 aliphatic heterocycles. The Morgan fingerprint density at radius 3 is 0.927 bits per heavy atom. The molecule has 12 aromatic rings. The first-order valence-electron chi connectivity index (χ1n) is 34.8. The normalized spacial score (nSPS) is 11.2. The second-order valence-corrected chi connectivity index (χ2v) is 35.7. The van der Waals surface area contributed by atoms with Crippen LogP contribution >= 0.6 is 197 Å². The maximum atomic E-state index is 13.4. The number of nitrogens with zero attached hydrogens (tertiary/aromatic N) is 12. The highest BCUT2D eigenvalue weighted by atomic mass is 79.9. The Morgan fingerprint density at radius 2 is 0.661 bits per heavy atom. The maximum absolute atomic E-state index is 13.4. The van der Waals surface area contributed by atoms with Crippen molar-refractivity contribution in [1.82, 2.24) is 80.3 Å². The van der Waals surface area contributed by atoms with E-state index in [2.05, 4.69) is 210 Å². The average molecular weight is 2340 g/mol. The lowest BCUT2D eigenvalue weighted by atomic mass is 10.1. The van der Waals surface area contributed by atoms with Crippen molar-refractivity contribution in [3.63, 3.8) is 0 Å². The highest BCUT2D eigenvalue weighted by Crippen LogP contribution is 2.39. The fraction of sp³-hybridized carbons (Fsp3) is 0.158. The molecule has 0 radical (unpaired) electrons. The number of nitrogens with one attached hydrogen (secondary N) is 8. The second kappa shape index (κ2) is 42.7. The molecule has 12 rings (SSSR count). The summed E-state index contributed by atoms with van der Waals surface area (Å²) < 4.78 is 88.3. The number of alkyl halides is 6. The number of carbonyl (C=O) groups is 8. The number of rotatable bonds is 18. The van der Waals surface area contributed by atoms with Crippen molar-refractivity contribution >= 4 is 267 Å². The van der Waals surface area contributed by atoms with Gasteiger partial charge in [0.2, 0.25) is 0 Å². The summed E-state index contributed by atoms with van der Waals surface area (Å²) in [5.74, 6) is -4.50. The number of anilines is 4. The molecule has 0 atom stereocenters. The van der Waals surface area contributed by atoms with E-state index in [0.717, 1.165) is 0 Å². The number of aromatic nitrogens is 12. The summed E-state index contributed by atoms with van der Waals surface area (Å²) in [6.07, 6.45) is -3.99. The van der Waals surface area contributed by atoms with E-state index in [4.69, 9.17) is 69.6 Å². The SMILES string of the molecule is CC(C)(C)NC(=O)c1cc(Br)cc(Br)c1NC(=O)c1cc(C(F)(F)F)nn1-c1ncccc1Cl.CC(C)NC(=O)c1cc(Br)cc(Br)c1NC(=O)c1cc(C(F)(F)F)nn1-c1ncccc1Cl.CCNC(=O)c1cc(Br)cc(Br)c1NC(=O)c1cc(Cl)nn1-c1ncccc1Cl.CNC(=O)c1cc(Br)cc(Br)c1NC(=O)c1cc(Cl)nn1-c1ncccc1Cl. The highest BCUT2D eigenvalue weighted by molar-refractivity contribution is 9.12. The van der Waals surface area contributed by atoms with Crippen molar-refractivity contribution in [2.45, 2.75) is 65.5 Å². The zero-order valence-corrected chi connectivity index (χ0v) is 81.1. The van der Waals surface area contributed by atoms with Gasteiger partial charge in [0.15, 0.2) is 45.0 Å². The van der Waals surface area contributed by atoms with Gasteiger partial charge in [-0.2, -0.15) is 46.7 Å². The summed E-state index contributed by atoms with van der Waals surface area (Å²) in [4.78, 5) is 119. The summed E-state index contributed by atoms with van der Waals surface area (Å²) in [6, 6.07) is 28.9. The molecule has 4 aromatic carbocycles. The van der Waals surface area contributed by atoms with Gasteiger partial charge in [-0.1, -0.05) is 133 Å². The Hall–Kier alpha value is -8.76. The topological polar surface area (TPSA) is 356 Å². The van der Waals surface area contributed by atoms with Crippen LogP contribution in [0.25, 0.3) is 23.3 Å². The van der Waals surface area contributed by atoms with Crippen LogP contribution in [0.4, 0.5) is 49.1 Å². The summed E-state index contributed by atoms with van der Waals surface area (Å²) in [5, 5.41) is 37.2. The minimum atomic E-state index is -4.82. The third-order valence-corrected chi connectivity index (χ3v) is 21.6. The molecule has 648 valence electrons. The van der Waals surface area contributed by atoms with E-state index in [0.29, 0.717) is 85.2 Å². The standard InChI is InChI=1S/C21H17Br2ClF3N5O2.C20H15Br2ClF3N5O2.C18H13Br2Cl2N5O2.C17H11Br2Cl2N5O2/c1-20(2,3)30-18(33)11-7-10(22)8-12(23)16(11)29-19(34)14-9-15(21(25,26)27)31-32(14)17-13(24)5-4-6-28-17;1-9(2)28-18(32)11-6-10(21)7-12(22)16(11)29-19(33)14-8-15(20(24,25)26)30-31(14)17-13(23)4-3-5-27-17;1-2-23-17(28)10-6-9(19)7-11(20)15(10)25-18(29)13-8-14(22)26-27(13)16-12(21)4-3-5-24-16;1-22-16(27)9-5-8(18)6-10(19)14(9)24-17(28)12-7-13(21)25-26(12)15-11(20)3-2-4-23-15/h4-9H,1-3H3,(H,29,34)(H,30,33);3-9H,1-2H3,(H,28,32)(H,29,33);3-8H,2H2,1H3,(H,23,28)(H,25,29);2-7H,1H3,(H,22,27)(H,24,28). The lowest BCUT2D eigenvalue weighted by Gasteiger charge is -2.22. The quantitative estimate of drug-likeness (QED) is 0.0370. The molecule has 48 heteroatoms. The molecule has 0 saturated heterocycles. The van der Waals surface area contributed by atoms with Crippen LogP contribution in [0, 0.1) is 0 Å². The molecule has 8 N–H and O–H groups in total. The Morgan fingerprint density at radius 1 is 0.387 bits per heavy atom. The first-order chi connectivity index (χ1) is 58.2. The fourth-order valence-corrected chi connectivity index (χ4v) is 17.0. The monoisotopic (exact) mass is 2330 g/mol. The van der Waals surface area contributed by atoms with Gasteiger partial charge < -0.3 is 42.5 Å². The van der Waals surface area contributed by atoms with Crippen LogP contribution in [-0.2, 0) is 12.4 Å². The van der Waals surface area contributed by atoms with Crippen molar-refractivity contribution in [3.8, 4) is 23.3 Å². The molecule has 0 aliphatic rings. The molecule has 124 heavy (non-hydrogen) atoms. The number of amides is 8. The van der Waals surface area contributed by atoms with Crippen molar-refractivity contribution in [2.24, 2.45) is 0 Å². The molecule has 0 bridgehead atoms. The summed E-state index contributed by atoms with van der Waals surface area (Å²) in [5.41, 5.74) is -2.49. The van der Waals surface area contributed by atoms with Gasteiger partial charge in [0.1, 0.15) is 22.8 Å². The van der Waals surface area contributed by atoms with Gasteiger partial charge in [0.05, 0.1) is 65.1 Å². The molecule has 8 heterocycles. The summed E-state index contributed by atoms with van der Waals surface area (Å²) in [6.45, 7) is 11.1. The van der Waals surface area contributed by atoms with Gasteiger partial charge in [-0.05, 0) is 202 Å². The minimum Gasteiger partial charge on any atom is -0.355 e. The molecule has 28 nitrogen and oxygen atoms in total. The Balaban J connectivity index is 0.000000188. The van der Waals surface area contributed by atoms with Crippen molar-refractivity contribution in [2.75, 3.05) is 34.9 Å². The van der Waals surface area contributed by atoms with Crippen LogP contribution < -0.4 is 42.5 Å². The highest BCUT2D eigenvalue weighted by Gasteiger charge is 2.39. The molecular formula is C76H56Br8Cl6F6N20O8. The van der Waals surface area contributed by atoms with Gasteiger partial charge in [0.25, 0.3) is 47.3 Å². The first kappa shape index (κ1) is 99.0. The van der Waals surface area contributed by atoms with E-state index >= 15 is 0 Å². The van der Waals surface area contributed by atoms with E-state index in [1.54, 1.807) is 102 Å². The van der Waals surface area contributed by atoms with Crippen LogP contribution in [-0.4, -0.2) is 131 Å². The number of hydrogen-bond donors (Lipinski definition) is 8. The fourth-order valence-electron chi connectivity index (χ4n) is 10.5. The molecule has 0 spiro atoms. The molecule has 0 unspecified atom stereocenters. The number of hydrogen-bond acceptors (Lipinski definition) is 16. The third-order valence-electron chi connectivity index (χ3n) is 15.7. The van der Waals surface area contributed by atoms with Crippen LogP contribution in [0.2, 0.25) is 30.4 Å². The number of pyridine rings is 4. The Labute approximate surface area is 796 Å². The van der Waals surface area contributed by atoms with E-state index in [9.17, 15) is 64.7 Å². The summed E-state index contributed by atoms with van der Waals surface area (Å²) >= 11 is 63.2. The van der Waals surface area contributed by atoms with E-state index < -0.39 is 76.1 Å². The molecular weight excluding hydrogens is 2290 g/mol. The first-order valence-corrected chi connectivity index (χ1v) is 43.4. The van der Waals surface area contributed by atoms with Crippen LogP contribution in [0.15, 0.2) is 182 Å². The predicted molar refractivity (Wildman–Crippen MR) is 486 cm³/mol. The van der Waals surface area contributed by atoms with Gasteiger partial charge in [-0.25, -0.2) is 38.7 Å². The number of halogens is 20. The average Bonchev–Trinajstić information content (AvgIpc) is 1.57. The molecule has 8 amide bonds. The van der Waals surface area contributed by atoms with E-state index in [1.807, 2.05) is 0 Å². The maximum Gasteiger partial charge on any atom is 0.435 e. The van der Waals surface area contributed by atoms with Crippen molar-refractivity contribution in [3.05, 3.63) is 269 Å².